The van der Waals surface area contributed by atoms with Crippen LogP contribution in [0.5, 0.6) is 0 Å². The van der Waals surface area contributed by atoms with Crippen molar-refractivity contribution in [3.63, 3.8) is 0 Å². The first-order chi connectivity index (χ1) is 16.8. The lowest BCUT2D eigenvalue weighted by atomic mass is 10.1. The van der Waals surface area contributed by atoms with E-state index < -0.39 is 5.91 Å². The fourth-order valence-corrected chi connectivity index (χ4v) is 5.22. The summed E-state index contributed by atoms with van der Waals surface area (Å²) in [5, 5.41) is 11.1. The molecular weight excluding hydrogens is 572 g/mol. The molecule has 0 saturated heterocycles. The van der Waals surface area contributed by atoms with Crippen molar-refractivity contribution in [2.75, 3.05) is 16.9 Å². The predicted octanol–water partition coefficient (Wildman–Crippen LogP) is 6.12. The Balaban J connectivity index is 1.71. The van der Waals surface area contributed by atoms with Gasteiger partial charge in [-0.2, -0.15) is 16.9 Å². The van der Waals surface area contributed by atoms with Gasteiger partial charge in [0.2, 0.25) is 0 Å². The minimum absolute atomic E-state index is 0.249. The first-order valence-electron chi connectivity index (χ1n) is 10.3. The van der Waals surface area contributed by atoms with Crippen LogP contribution < -0.4 is 10.6 Å². The quantitative estimate of drug-likeness (QED) is 0.268. The summed E-state index contributed by atoms with van der Waals surface area (Å²) in [5.74, 6) is 0.117. The standard InChI is InChI=1S/C23H20BrClN6O2S2/c1-12-7-14(24)8-16(21(32)29-23-27-10-13(2)35-23)19(12)28-22(33)18-9-15(11-34-3)30-31(18)20-17(25)5-4-6-26-20/h4-10H,11H2,1-3H3,(H,28,33)(H,27,29,32). The zero-order chi connectivity index (χ0) is 25.1. The Morgan fingerprint density at radius 2 is 1.97 bits per heavy atom. The average molecular weight is 592 g/mol. The molecule has 0 aliphatic carbocycles. The predicted molar refractivity (Wildman–Crippen MR) is 145 cm³/mol. The van der Waals surface area contributed by atoms with Crippen molar-refractivity contribution in [2.24, 2.45) is 0 Å². The molecule has 4 rings (SSSR count). The topological polar surface area (TPSA) is 102 Å². The molecule has 8 nitrogen and oxygen atoms in total. The lowest BCUT2D eigenvalue weighted by molar-refractivity contribution is 0.101. The van der Waals surface area contributed by atoms with Gasteiger partial charge in [-0.15, -0.1) is 11.3 Å². The third kappa shape index (κ3) is 5.75. The first kappa shape index (κ1) is 25.4. The van der Waals surface area contributed by atoms with Gasteiger partial charge in [0.15, 0.2) is 10.9 Å². The number of amides is 2. The molecule has 35 heavy (non-hydrogen) atoms. The number of benzene rings is 1. The van der Waals surface area contributed by atoms with Gasteiger partial charge in [0.1, 0.15) is 5.69 Å². The number of hydrogen-bond donors (Lipinski definition) is 2. The van der Waals surface area contributed by atoms with Gasteiger partial charge in [-0.25, -0.2) is 14.6 Å². The van der Waals surface area contributed by atoms with E-state index in [-0.39, 0.29) is 11.6 Å². The van der Waals surface area contributed by atoms with E-state index in [0.29, 0.717) is 48.7 Å². The number of nitrogens with one attached hydrogen (secondary N) is 2. The third-order valence-corrected chi connectivity index (χ3v) is 7.02. The number of anilines is 2. The van der Waals surface area contributed by atoms with Gasteiger partial charge in [0, 0.05) is 27.5 Å². The van der Waals surface area contributed by atoms with Crippen molar-refractivity contribution in [1.29, 1.82) is 0 Å². The third-order valence-electron chi connectivity index (χ3n) is 4.85. The van der Waals surface area contributed by atoms with Crippen LogP contribution in [0.2, 0.25) is 5.02 Å². The molecule has 4 aromatic rings. The zero-order valence-corrected chi connectivity index (χ0v) is 22.9. The van der Waals surface area contributed by atoms with E-state index in [1.807, 2.05) is 26.2 Å². The number of rotatable bonds is 7. The molecule has 0 spiro atoms. The fraction of sp³-hybridized carbons (Fsp3) is 0.174. The van der Waals surface area contributed by atoms with Crippen LogP contribution in [0.25, 0.3) is 5.82 Å². The second-order valence-electron chi connectivity index (χ2n) is 7.50. The zero-order valence-electron chi connectivity index (χ0n) is 18.9. The number of carbonyl (C=O) groups is 2. The average Bonchev–Trinajstić information content (AvgIpc) is 3.41. The maximum atomic E-state index is 13.5. The van der Waals surface area contributed by atoms with Crippen molar-refractivity contribution in [3.8, 4) is 5.82 Å². The van der Waals surface area contributed by atoms with Crippen LogP contribution in [0.4, 0.5) is 10.8 Å². The monoisotopic (exact) mass is 590 g/mol. The summed E-state index contributed by atoms with van der Waals surface area (Å²) in [6, 6.07) is 8.57. The molecule has 0 radical (unpaired) electrons. The van der Waals surface area contributed by atoms with Gasteiger partial charge in [0.25, 0.3) is 11.8 Å². The second kappa shape index (κ2) is 10.9. The highest BCUT2D eigenvalue weighted by atomic mass is 79.9. The number of thioether (sulfide) groups is 1. The lowest BCUT2D eigenvalue weighted by Gasteiger charge is -2.15. The smallest absolute Gasteiger partial charge is 0.274 e. The second-order valence-corrected chi connectivity index (χ2v) is 10.9. The molecule has 180 valence electrons. The summed E-state index contributed by atoms with van der Waals surface area (Å²) in [5.41, 5.74) is 2.34. The van der Waals surface area contributed by atoms with Crippen LogP contribution in [0.3, 0.4) is 0 Å². The molecular formula is C23H20BrClN6O2S2. The number of aryl methyl sites for hydroxylation is 2. The van der Waals surface area contributed by atoms with Crippen molar-refractivity contribution < 1.29 is 9.59 Å². The molecule has 0 aliphatic rings. The van der Waals surface area contributed by atoms with Gasteiger partial charge in [0.05, 0.1) is 22.0 Å². The molecule has 2 N–H and O–H groups in total. The van der Waals surface area contributed by atoms with Gasteiger partial charge in [-0.05, 0) is 56.0 Å². The maximum Gasteiger partial charge on any atom is 0.274 e. The highest BCUT2D eigenvalue weighted by Gasteiger charge is 2.23. The number of aromatic nitrogens is 4. The number of pyridine rings is 1. The Morgan fingerprint density at radius 1 is 1.17 bits per heavy atom. The summed E-state index contributed by atoms with van der Waals surface area (Å²) < 4.78 is 2.14. The highest BCUT2D eigenvalue weighted by molar-refractivity contribution is 9.10. The van der Waals surface area contributed by atoms with Gasteiger partial charge in [-0.3, -0.25) is 14.9 Å². The van der Waals surface area contributed by atoms with Crippen LogP contribution >= 0.6 is 50.6 Å². The van der Waals surface area contributed by atoms with Crippen LogP contribution in [0, 0.1) is 13.8 Å². The minimum Gasteiger partial charge on any atom is -0.320 e. The summed E-state index contributed by atoms with van der Waals surface area (Å²) in [6.45, 7) is 3.72. The first-order valence-corrected chi connectivity index (χ1v) is 13.7. The summed E-state index contributed by atoms with van der Waals surface area (Å²) in [7, 11) is 0. The van der Waals surface area contributed by atoms with Crippen molar-refractivity contribution in [3.05, 3.63) is 79.6 Å². The number of hydrogen-bond acceptors (Lipinski definition) is 7. The molecule has 0 bridgehead atoms. The molecule has 0 saturated carbocycles. The molecule has 0 fully saturated rings. The fourth-order valence-electron chi connectivity index (χ4n) is 3.35. The van der Waals surface area contributed by atoms with Crippen LogP contribution in [-0.4, -0.2) is 37.8 Å². The number of nitrogens with zero attached hydrogens (tertiary/aromatic N) is 4. The largest absolute Gasteiger partial charge is 0.320 e. The van der Waals surface area contributed by atoms with E-state index in [4.69, 9.17) is 11.6 Å². The Hall–Kier alpha value is -2.73. The number of thiazole rings is 1. The van der Waals surface area contributed by atoms with Crippen molar-refractivity contribution in [2.45, 2.75) is 19.6 Å². The van der Waals surface area contributed by atoms with E-state index in [0.717, 1.165) is 4.88 Å². The Labute approximate surface area is 223 Å². The normalized spacial score (nSPS) is 10.9. The summed E-state index contributed by atoms with van der Waals surface area (Å²) in [6.07, 6.45) is 5.22. The van der Waals surface area contributed by atoms with Gasteiger partial charge >= 0.3 is 0 Å². The van der Waals surface area contributed by atoms with Crippen LogP contribution in [0.1, 0.15) is 37.0 Å². The van der Waals surface area contributed by atoms with Crippen LogP contribution in [0.15, 0.2) is 47.2 Å². The molecule has 12 heteroatoms. The summed E-state index contributed by atoms with van der Waals surface area (Å²) >= 11 is 12.7. The maximum absolute atomic E-state index is 13.5. The Kier molecular flexibility index (Phi) is 7.90. The number of carbonyl (C=O) groups excluding carboxylic acids is 2. The van der Waals surface area contributed by atoms with Gasteiger partial charge < -0.3 is 5.32 Å². The minimum atomic E-state index is -0.448. The molecule has 0 unspecified atom stereocenters. The molecule has 2 amide bonds. The molecule has 3 heterocycles. The van der Waals surface area contributed by atoms with Gasteiger partial charge in [-0.1, -0.05) is 27.5 Å². The van der Waals surface area contributed by atoms with Crippen molar-refractivity contribution >= 4 is 73.3 Å². The van der Waals surface area contributed by atoms with E-state index in [9.17, 15) is 9.59 Å². The molecule has 0 atom stereocenters. The van der Waals surface area contributed by atoms with E-state index in [2.05, 4.69) is 41.6 Å². The SMILES string of the molecule is CSCc1cc(C(=O)Nc2c(C)cc(Br)cc2C(=O)Nc2ncc(C)s2)n(-c2ncccc2Cl)n1. The Morgan fingerprint density at radius 3 is 2.66 bits per heavy atom. The van der Waals surface area contributed by atoms with Crippen LogP contribution in [-0.2, 0) is 5.75 Å². The van der Waals surface area contributed by atoms with Crippen molar-refractivity contribution in [1.82, 2.24) is 19.7 Å². The van der Waals surface area contributed by atoms with E-state index in [1.165, 1.54) is 16.0 Å². The molecule has 1 aromatic carbocycles. The Bertz CT molecular complexity index is 1420. The summed E-state index contributed by atoms with van der Waals surface area (Å²) in [4.78, 5) is 36.1. The number of halogens is 2. The lowest BCUT2D eigenvalue weighted by Crippen LogP contribution is -2.21. The molecule has 0 aliphatic heterocycles. The van der Waals surface area contributed by atoms with E-state index >= 15 is 0 Å². The van der Waals surface area contributed by atoms with E-state index in [1.54, 1.807) is 48.4 Å². The molecule has 3 aromatic heterocycles. The highest BCUT2D eigenvalue weighted by Crippen LogP contribution is 2.29.